The fraction of sp³-hybridized carbons (Fsp3) is 0.938. The van der Waals surface area contributed by atoms with Gasteiger partial charge in [-0.25, -0.2) is 0 Å². The van der Waals surface area contributed by atoms with E-state index >= 15 is 0 Å². The lowest BCUT2D eigenvalue weighted by Crippen LogP contribution is -2.33. The maximum atomic E-state index is 4.17. The second kappa shape index (κ2) is 9.13. The molecule has 0 saturated carbocycles. The van der Waals surface area contributed by atoms with E-state index < -0.39 is 0 Å². The van der Waals surface area contributed by atoms with Crippen molar-refractivity contribution in [2.24, 2.45) is 0 Å². The number of rotatable bonds is 10. The van der Waals surface area contributed by atoms with Crippen LogP contribution in [0.4, 0.5) is 0 Å². The molecule has 1 aromatic rings. The van der Waals surface area contributed by atoms with Crippen molar-refractivity contribution in [3.63, 3.8) is 0 Å². The number of aromatic amines is 1. The lowest BCUT2D eigenvalue weighted by Gasteiger charge is -2.28. The van der Waals surface area contributed by atoms with Crippen LogP contribution >= 0.6 is 0 Å². The molecule has 5 nitrogen and oxygen atoms in total. The first-order valence-electron chi connectivity index (χ1n) is 8.82. The smallest absolute Gasteiger partial charge is 0.178 e. The Morgan fingerprint density at radius 1 is 1.14 bits per heavy atom. The van der Waals surface area contributed by atoms with Crippen molar-refractivity contribution >= 4 is 0 Å². The average Bonchev–Trinajstić information content (AvgIpc) is 3.16. The summed E-state index contributed by atoms with van der Waals surface area (Å²) >= 11 is 0. The first-order valence-corrected chi connectivity index (χ1v) is 8.82. The minimum absolute atomic E-state index is 0.476. The molecular formula is C16H31N5. The Hall–Kier alpha value is -0.970. The highest BCUT2D eigenvalue weighted by Gasteiger charge is 2.30. The molecule has 1 N–H and O–H groups in total. The third-order valence-electron chi connectivity index (χ3n) is 4.74. The Bertz CT molecular complexity index is 355. The van der Waals surface area contributed by atoms with Gasteiger partial charge >= 0.3 is 0 Å². The van der Waals surface area contributed by atoms with Crippen LogP contribution in [0.2, 0.25) is 0 Å². The first kappa shape index (κ1) is 16.4. The van der Waals surface area contributed by atoms with Gasteiger partial charge in [0, 0.05) is 18.5 Å². The van der Waals surface area contributed by atoms with Crippen LogP contribution in [0.5, 0.6) is 0 Å². The molecule has 120 valence electrons. The SMILES string of the molecule is CCCCCC(CCCCC)N1CCC(c2nn[nH]n2)C1. The zero-order valence-electron chi connectivity index (χ0n) is 13.7. The normalized spacial score (nSPS) is 19.7. The van der Waals surface area contributed by atoms with Crippen LogP contribution in [0.3, 0.4) is 0 Å². The minimum Gasteiger partial charge on any atom is -0.300 e. The van der Waals surface area contributed by atoms with E-state index in [1.807, 2.05) is 0 Å². The fourth-order valence-corrected chi connectivity index (χ4v) is 3.44. The van der Waals surface area contributed by atoms with Gasteiger partial charge < -0.3 is 0 Å². The van der Waals surface area contributed by atoms with E-state index in [9.17, 15) is 0 Å². The second-order valence-electron chi connectivity index (χ2n) is 6.40. The van der Waals surface area contributed by atoms with E-state index in [1.165, 1.54) is 64.3 Å². The summed E-state index contributed by atoms with van der Waals surface area (Å²) in [6, 6.07) is 0.764. The molecular weight excluding hydrogens is 262 g/mol. The second-order valence-corrected chi connectivity index (χ2v) is 6.40. The van der Waals surface area contributed by atoms with Crippen molar-refractivity contribution in [1.82, 2.24) is 25.5 Å². The molecule has 1 aromatic heterocycles. The van der Waals surface area contributed by atoms with E-state index in [4.69, 9.17) is 0 Å². The van der Waals surface area contributed by atoms with Gasteiger partial charge in [-0.1, -0.05) is 57.6 Å². The predicted octanol–water partition coefficient (Wildman–Crippen LogP) is 3.52. The highest BCUT2D eigenvalue weighted by Crippen LogP contribution is 2.28. The highest BCUT2D eigenvalue weighted by atomic mass is 15.5. The third kappa shape index (κ3) is 5.06. The van der Waals surface area contributed by atoms with Crippen molar-refractivity contribution in [2.45, 2.75) is 83.6 Å². The molecule has 5 heteroatoms. The quantitative estimate of drug-likeness (QED) is 0.671. The van der Waals surface area contributed by atoms with Crippen molar-refractivity contribution < 1.29 is 0 Å². The Morgan fingerprint density at radius 3 is 2.43 bits per heavy atom. The number of nitrogens with zero attached hydrogens (tertiary/aromatic N) is 4. The summed E-state index contributed by atoms with van der Waals surface area (Å²) in [7, 11) is 0. The molecule has 0 aromatic carbocycles. The zero-order chi connectivity index (χ0) is 14.9. The van der Waals surface area contributed by atoms with Crippen LogP contribution in [0.25, 0.3) is 0 Å². The molecule has 21 heavy (non-hydrogen) atoms. The topological polar surface area (TPSA) is 57.7 Å². The lowest BCUT2D eigenvalue weighted by molar-refractivity contribution is 0.207. The molecule has 1 unspecified atom stereocenters. The molecule has 0 amide bonds. The monoisotopic (exact) mass is 293 g/mol. The molecule has 1 aliphatic heterocycles. The fourth-order valence-electron chi connectivity index (χ4n) is 3.44. The molecule has 0 aliphatic carbocycles. The number of aromatic nitrogens is 4. The van der Waals surface area contributed by atoms with Crippen LogP contribution in [0, 0.1) is 0 Å². The number of tetrazole rings is 1. The molecule has 1 saturated heterocycles. The van der Waals surface area contributed by atoms with Gasteiger partial charge in [-0.2, -0.15) is 5.21 Å². The van der Waals surface area contributed by atoms with E-state index in [-0.39, 0.29) is 0 Å². The van der Waals surface area contributed by atoms with Gasteiger partial charge in [0.1, 0.15) is 0 Å². The maximum Gasteiger partial charge on any atom is 0.178 e. The van der Waals surface area contributed by atoms with Gasteiger partial charge in [0.2, 0.25) is 0 Å². The van der Waals surface area contributed by atoms with Gasteiger partial charge in [-0.15, -0.1) is 10.2 Å². The number of H-pyrrole nitrogens is 1. The van der Waals surface area contributed by atoms with Crippen LogP contribution in [0.1, 0.15) is 83.4 Å². The summed E-state index contributed by atoms with van der Waals surface area (Å²) in [4.78, 5) is 2.69. The molecule has 1 aliphatic rings. The Balaban J connectivity index is 1.83. The molecule has 1 atom stereocenters. The van der Waals surface area contributed by atoms with Crippen molar-refractivity contribution in [2.75, 3.05) is 13.1 Å². The summed E-state index contributed by atoms with van der Waals surface area (Å²) in [5.41, 5.74) is 0. The number of hydrogen-bond donors (Lipinski definition) is 1. The standard InChI is InChI=1S/C16H31N5/c1-3-5-7-9-15(10-8-6-4-2)21-12-11-14(13-21)16-17-19-20-18-16/h14-15H,3-13H2,1-2H3,(H,17,18,19,20). The van der Waals surface area contributed by atoms with E-state index in [2.05, 4.69) is 39.4 Å². The largest absolute Gasteiger partial charge is 0.300 e. The van der Waals surface area contributed by atoms with Crippen LogP contribution in [-0.2, 0) is 0 Å². The Labute approximate surface area is 128 Å². The molecule has 0 bridgehead atoms. The summed E-state index contributed by atoms with van der Waals surface area (Å²) in [5.74, 6) is 1.38. The van der Waals surface area contributed by atoms with Crippen LogP contribution in [-0.4, -0.2) is 44.7 Å². The number of unbranched alkanes of at least 4 members (excludes halogenated alkanes) is 4. The number of likely N-dealkylation sites (tertiary alicyclic amines) is 1. The molecule has 2 heterocycles. The Morgan fingerprint density at radius 2 is 1.86 bits per heavy atom. The average molecular weight is 293 g/mol. The van der Waals surface area contributed by atoms with E-state index in [0.717, 1.165) is 18.4 Å². The third-order valence-corrected chi connectivity index (χ3v) is 4.74. The summed E-state index contributed by atoms with van der Waals surface area (Å²) in [5, 5.41) is 14.6. The zero-order valence-corrected chi connectivity index (χ0v) is 13.7. The lowest BCUT2D eigenvalue weighted by atomic mass is 10.0. The maximum absolute atomic E-state index is 4.17. The first-order chi connectivity index (χ1) is 10.3. The van der Waals surface area contributed by atoms with Gasteiger partial charge in [-0.05, 0) is 25.8 Å². The van der Waals surface area contributed by atoms with Crippen LogP contribution in [0.15, 0.2) is 0 Å². The van der Waals surface area contributed by atoms with Gasteiger partial charge in [0.15, 0.2) is 5.82 Å². The number of hydrogen-bond acceptors (Lipinski definition) is 4. The van der Waals surface area contributed by atoms with Crippen molar-refractivity contribution in [3.05, 3.63) is 5.82 Å². The summed E-state index contributed by atoms with van der Waals surface area (Å²) in [6.07, 6.45) is 12.0. The molecule has 0 spiro atoms. The van der Waals surface area contributed by atoms with Crippen molar-refractivity contribution in [3.8, 4) is 0 Å². The summed E-state index contributed by atoms with van der Waals surface area (Å²) < 4.78 is 0. The molecule has 1 fully saturated rings. The predicted molar refractivity (Wildman–Crippen MR) is 85.2 cm³/mol. The van der Waals surface area contributed by atoms with Gasteiger partial charge in [0.25, 0.3) is 0 Å². The Kier molecular flexibility index (Phi) is 7.13. The number of nitrogens with one attached hydrogen (secondary N) is 1. The molecule has 0 radical (unpaired) electrons. The molecule has 2 rings (SSSR count). The highest BCUT2D eigenvalue weighted by molar-refractivity contribution is 4.98. The van der Waals surface area contributed by atoms with E-state index in [0.29, 0.717) is 5.92 Å². The summed E-state index contributed by atoms with van der Waals surface area (Å²) in [6.45, 7) is 6.88. The van der Waals surface area contributed by atoms with Crippen LogP contribution < -0.4 is 0 Å². The van der Waals surface area contributed by atoms with Gasteiger partial charge in [0.05, 0.1) is 0 Å². The van der Waals surface area contributed by atoms with Crippen molar-refractivity contribution in [1.29, 1.82) is 0 Å². The minimum atomic E-state index is 0.476. The van der Waals surface area contributed by atoms with Gasteiger partial charge in [-0.3, -0.25) is 4.90 Å². The van der Waals surface area contributed by atoms with E-state index in [1.54, 1.807) is 0 Å².